The van der Waals surface area contributed by atoms with Gasteiger partial charge in [0, 0.05) is 17.6 Å². The lowest BCUT2D eigenvalue weighted by Gasteiger charge is -2.25. The third kappa shape index (κ3) is 4.50. The van der Waals surface area contributed by atoms with Crippen molar-refractivity contribution in [2.75, 3.05) is 32.2 Å². The topological polar surface area (TPSA) is 104 Å². The summed E-state index contributed by atoms with van der Waals surface area (Å²) in [6.07, 6.45) is 1.36. The lowest BCUT2D eigenvalue weighted by molar-refractivity contribution is 0.0603. The highest BCUT2D eigenvalue weighted by atomic mass is 32.2. The number of methoxy groups -OCH3 is 3. The number of sulfonamides is 1. The Morgan fingerprint density at radius 2 is 1.53 bits per heavy atom. The van der Waals surface area contributed by atoms with Gasteiger partial charge in [-0.1, -0.05) is 36.4 Å². The smallest absolute Gasteiger partial charge is 0.340 e. The average molecular weight is 509 g/mol. The molecule has 0 amide bonds. The monoisotopic (exact) mass is 508 g/mol. The highest BCUT2D eigenvalue weighted by Gasteiger charge is 2.29. The first kappa shape index (κ1) is 24.8. The van der Waals surface area contributed by atoms with E-state index in [0.717, 1.165) is 4.31 Å². The molecule has 3 aromatic carbocycles. The summed E-state index contributed by atoms with van der Waals surface area (Å²) in [5.74, 6) is -0.471. The number of rotatable bonds is 8. The van der Waals surface area contributed by atoms with Gasteiger partial charge in [-0.15, -0.1) is 0 Å². The van der Waals surface area contributed by atoms with Gasteiger partial charge in [-0.25, -0.2) is 13.2 Å². The van der Waals surface area contributed by atoms with Crippen molar-refractivity contribution in [2.45, 2.75) is 4.90 Å². The van der Waals surface area contributed by atoms with Crippen molar-refractivity contribution in [2.24, 2.45) is 0 Å². The van der Waals surface area contributed by atoms with Crippen molar-refractivity contribution in [1.82, 2.24) is 4.57 Å². The van der Waals surface area contributed by atoms with Crippen LogP contribution in [0.1, 0.15) is 15.2 Å². The molecule has 4 aromatic rings. The molecule has 0 radical (unpaired) electrons. The van der Waals surface area contributed by atoms with Crippen LogP contribution in [0.3, 0.4) is 0 Å². The highest BCUT2D eigenvalue weighted by molar-refractivity contribution is 7.92. The quantitative estimate of drug-likeness (QED) is 0.332. The van der Waals surface area contributed by atoms with Crippen LogP contribution in [-0.2, 0) is 14.8 Å². The first-order valence-corrected chi connectivity index (χ1v) is 12.3. The maximum Gasteiger partial charge on any atom is 0.340 e. The van der Waals surface area contributed by atoms with Gasteiger partial charge >= 0.3 is 5.97 Å². The van der Waals surface area contributed by atoms with E-state index in [2.05, 4.69) is 0 Å². The number of carbonyl (C=O) groups excluding carboxylic acids is 2. The molecule has 0 fully saturated rings. The van der Waals surface area contributed by atoms with E-state index >= 15 is 0 Å². The molecule has 1 aromatic heterocycles. The van der Waals surface area contributed by atoms with Crippen molar-refractivity contribution in [3.63, 3.8) is 0 Å². The summed E-state index contributed by atoms with van der Waals surface area (Å²) >= 11 is 0. The molecule has 0 aliphatic rings. The Morgan fingerprint density at radius 3 is 2.19 bits per heavy atom. The van der Waals surface area contributed by atoms with Gasteiger partial charge in [-0.2, -0.15) is 0 Å². The predicted octanol–water partition coefficient (Wildman–Crippen LogP) is 3.98. The molecule has 1 heterocycles. The molecule has 0 N–H and O–H groups in total. The predicted molar refractivity (Wildman–Crippen MR) is 134 cm³/mol. The van der Waals surface area contributed by atoms with E-state index < -0.39 is 28.4 Å². The molecule has 0 bridgehead atoms. The van der Waals surface area contributed by atoms with Crippen molar-refractivity contribution in [3.8, 4) is 11.5 Å². The summed E-state index contributed by atoms with van der Waals surface area (Å²) in [5, 5.41) is 0.515. The maximum absolute atomic E-state index is 13.7. The van der Waals surface area contributed by atoms with Crippen molar-refractivity contribution >= 4 is 38.5 Å². The molecule has 186 valence electrons. The number of aromatic nitrogens is 1. The SMILES string of the molecule is COC(=O)c1cn(C(=O)CN(c2ccc(OC)c(OC)c2)S(=O)(=O)c2ccccc2)c2ccccc12. The summed E-state index contributed by atoms with van der Waals surface area (Å²) < 4.78 is 45.1. The minimum Gasteiger partial charge on any atom is -0.493 e. The molecule has 9 nitrogen and oxygen atoms in total. The van der Waals surface area contributed by atoms with Crippen molar-refractivity contribution < 1.29 is 32.2 Å². The standard InChI is InChI=1S/C26H24N2O7S/c1-33-23-14-13-18(15-24(23)34-2)28(36(31,32)19-9-5-4-6-10-19)17-25(29)27-16-21(26(30)35-3)20-11-7-8-12-22(20)27/h4-16H,17H2,1-3H3. The number of ether oxygens (including phenoxy) is 3. The number of fused-ring (bicyclic) bond motifs is 1. The van der Waals surface area contributed by atoms with Crippen LogP contribution >= 0.6 is 0 Å². The molecular weight excluding hydrogens is 484 g/mol. The largest absolute Gasteiger partial charge is 0.493 e. The number of carbonyl (C=O) groups is 2. The third-order valence-electron chi connectivity index (χ3n) is 5.65. The Bertz CT molecular complexity index is 1530. The summed E-state index contributed by atoms with van der Waals surface area (Å²) in [7, 11) is -0.00506. The molecule has 0 spiro atoms. The van der Waals surface area contributed by atoms with E-state index in [9.17, 15) is 18.0 Å². The van der Waals surface area contributed by atoms with E-state index in [4.69, 9.17) is 14.2 Å². The second-order valence-electron chi connectivity index (χ2n) is 7.68. The Hall–Kier alpha value is -4.31. The summed E-state index contributed by atoms with van der Waals surface area (Å²) in [5.41, 5.74) is 0.854. The summed E-state index contributed by atoms with van der Waals surface area (Å²) in [4.78, 5) is 25.9. The number of para-hydroxylation sites is 1. The van der Waals surface area contributed by atoms with E-state index in [1.54, 1.807) is 48.5 Å². The van der Waals surface area contributed by atoms with Crippen molar-refractivity contribution in [3.05, 3.63) is 84.6 Å². The highest BCUT2D eigenvalue weighted by Crippen LogP contribution is 2.34. The fourth-order valence-corrected chi connectivity index (χ4v) is 5.30. The van der Waals surface area contributed by atoms with Crippen LogP contribution in [0.25, 0.3) is 10.9 Å². The first-order valence-electron chi connectivity index (χ1n) is 10.8. The minimum atomic E-state index is -4.16. The number of hydrogen-bond donors (Lipinski definition) is 0. The lowest BCUT2D eigenvalue weighted by atomic mass is 10.2. The van der Waals surface area contributed by atoms with Gasteiger partial charge in [0.2, 0.25) is 0 Å². The zero-order valence-electron chi connectivity index (χ0n) is 19.9. The fraction of sp³-hybridized carbons (Fsp3) is 0.154. The molecule has 0 saturated heterocycles. The number of esters is 1. The average Bonchev–Trinajstić information content (AvgIpc) is 3.31. The van der Waals surface area contributed by atoms with Crippen LogP contribution in [0.4, 0.5) is 5.69 Å². The molecule has 0 aliphatic carbocycles. The molecular formula is C26H24N2O7S. The van der Waals surface area contributed by atoms with Gasteiger partial charge in [-0.05, 0) is 30.3 Å². The van der Waals surface area contributed by atoms with Gasteiger partial charge < -0.3 is 14.2 Å². The van der Waals surface area contributed by atoms with Gasteiger partial charge in [0.05, 0.1) is 43.0 Å². The Morgan fingerprint density at radius 1 is 0.861 bits per heavy atom. The molecule has 4 rings (SSSR count). The fourth-order valence-electron chi connectivity index (χ4n) is 3.87. The van der Waals surface area contributed by atoms with E-state index in [-0.39, 0.29) is 16.1 Å². The number of hydrogen-bond acceptors (Lipinski definition) is 7. The lowest BCUT2D eigenvalue weighted by Crippen LogP contribution is -2.37. The zero-order valence-corrected chi connectivity index (χ0v) is 20.7. The van der Waals surface area contributed by atoms with Crippen LogP contribution in [0, 0.1) is 0 Å². The second kappa shape index (κ2) is 10.1. The molecule has 0 unspecified atom stereocenters. The molecule has 0 aliphatic heterocycles. The van der Waals surface area contributed by atoms with Gasteiger partial charge in [-0.3, -0.25) is 13.7 Å². The third-order valence-corrected chi connectivity index (χ3v) is 7.44. The van der Waals surface area contributed by atoms with Gasteiger partial charge in [0.1, 0.15) is 6.54 Å². The molecule has 10 heteroatoms. The molecule has 0 atom stereocenters. The van der Waals surface area contributed by atoms with E-state index in [1.165, 1.54) is 56.4 Å². The summed E-state index contributed by atoms with van der Waals surface area (Å²) in [6, 6.07) is 19.2. The Balaban J connectivity index is 1.83. The van der Waals surface area contributed by atoms with Gasteiger partial charge in [0.25, 0.3) is 15.9 Å². The Kier molecular flexibility index (Phi) is 6.98. The maximum atomic E-state index is 13.7. The molecule has 0 saturated carbocycles. The van der Waals surface area contributed by atoms with E-state index in [0.29, 0.717) is 22.4 Å². The number of benzene rings is 3. The van der Waals surface area contributed by atoms with Crippen LogP contribution in [0.5, 0.6) is 11.5 Å². The zero-order chi connectivity index (χ0) is 25.9. The van der Waals surface area contributed by atoms with Crippen LogP contribution in [-0.4, -0.2) is 52.7 Å². The van der Waals surface area contributed by atoms with Crippen LogP contribution in [0.2, 0.25) is 0 Å². The second-order valence-corrected chi connectivity index (χ2v) is 9.54. The van der Waals surface area contributed by atoms with Crippen molar-refractivity contribution in [1.29, 1.82) is 0 Å². The summed E-state index contributed by atoms with van der Waals surface area (Å²) in [6.45, 7) is -0.550. The Labute approximate surface area is 208 Å². The van der Waals surface area contributed by atoms with Gasteiger partial charge in [0.15, 0.2) is 11.5 Å². The molecule has 36 heavy (non-hydrogen) atoms. The van der Waals surface area contributed by atoms with Crippen LogP contribution in [0.15, 0.2) is 83.9 Å². The number of anilines is 1. The normalized spacial score (nSPS) is 11.2. The first-order chi connectivity index (χ1) is 17.3. The van der Waals surface area contributed by atoms with Crippen LogP contribution < -0.4 is 13.8 Å². The van der Waals surface area contributed by atoms with E-state index in [1.807, 2.05) is 0 Å². The minimum absolute atomic E-state index is 0.0141. The number of nitrogens with zero attached hydrogens (tertiary/aromatic N) is 2.